The van der Waals surface area contributed by atoms with Gasteiger partial charge in [-0.3, -0.25) is 4.79 Å². The van der Waals surface area contributed by atoms with Crippen LogP contribution in [0, 0.1) is 50.2 Å². The number of carbonyl (C=O) groups excluding carboxylic acids is 2. The van der Waals surface area contributed by atoms with Crippen molar-refractivity contribution in [1.82, 2.24) is 0 Å². The summed E-state index contributed by atoms with van der Waals surface area (Å²) in [7, 11) is 0. The molecule has 79 heavy (non-hydrogen) atoms. The number of aliphatic hydroxyl groups is 13. The third kappa shape index (κ3) is 9.96. The molecule has 0 amide bonds. The highest BCUT2D eigenvalue weighted by Crippen LogP contribution is 2.76. The summed E-state index contributed by atoms with van der Waals surface area (Å²) >= 11 is 0. The van der Waals surface area contributed by atoms with Crippen LogP contribution >= 0.6 is 0 Å². The Labute approximate surface area is 457 Å². The first-order valence-corrected chi connectivity index (χ1v) is 27.8. The largest absolute Gasteiger partial charge is 0.479 e. The fourth-order valence-corrected chi connectivity index (χ4v) is 16.3. The van der Waals surface area contributed by atoms with Gasteiger partial charge in [0.2, 0.25) is 6.29 Å². The highest BCUT2D eigenvalue weighted by Gasteiger charge is 2.71. The standard InChI is InChI=1S/C54H84O25/c1-49(2)13-15-54(48(71)79-47-40(68)41(77-45-38(66)34(62)31(59)25(19-56)74-45)32(60)26(75-47)20-72-44-37(65)33(61)30(58)24(18-55)73-44)16-14-52(5)22(23(54)17-49)7-8-28-50(3)11-10-29(51(4,21-57)27(50)9-12-53(28,52)6)76-46-39(67)35(63)36(64)42(78-46)43(69)70/h7,21,23-42,44-47,55-56,58-68H,8-20H2,1-6H3,(H,69,70). The minimum atomic E-state index is -2.03. The van der Waals surface area contributed by atoms with Gasteiger partial charge in [-0.05, 0) is 104 Å². The molecule has 4 saturated carbocycles. The SMILES string of the molecule is CC1(C)CCC2(C(=O)OC3OC(COC4OC(CO)C(O)C(O)C4O)C(O)C(OC4OC(CO)C(O)C(O)C4O)C3O)CCC3(C)C(=CCC4C5(C)CCC(OC6OC(C(=O)O)C(O)C(O)C6O)C(C)(C=O)C5CCC43C)C2C1. The summed E-state index contributed by atoms with van der Waals surface area (Å²) in [5.41, 5.74) is -2.76. The predicted molar refractivity (Wildman–Crippen MR) is 264 cm³/mol. The summed E-state index contributed by atoms with van der Waals surface area (Å²) in [6.07, 6.45) is -28.3. The van der Waals surface area contributed by atoms with Crippen LogP contribution in [0.25, 0.3) is 0 Å². The third-order valence-electron chi connectivity index (χ3n) is 21.3. The molecule has 0 aromatic carbocycles. The van der Waals surface area contributed by atoms with Gasteiger partial charge in [-0.15, -0.1) is 0 Å². The highest BCUT2D eigenvalue weighted by molar-refractivity contribution is 5.79. The maximum absolute atomic E-state index is 15.4. The molecule has 5 aliphatic carbocycles. The monoisotopic (exact) mass is 1130 g/mol. The number of esters is 1. The zero-order chi connectivity index (χ0) is 57.9. The summed E-state index contributed by atoms with van der Waals surface area (Å²) in [5, 5.41) is 149. The van der Waals surface area contributed by atoms with Crippen LogP contribution in [-0.2, 0) is 52.3 Å². The average Bonchev–Trinajstić information content (AvgIpc) is 3.52. The molecule has 4 heterocycles. The molecule has 450 valence electrons. The lowest BCUT2D eigenvalue weighted by molar-refractivity contribution is -0.363. The zero-order valence-corrected chi connectivity index (χ0v) is 45.5. The van der Waals surface area contributed by atoms with E-state index in [-0.39, 0.29) is 28.6 Å². The Bertz CT molecular complexity index is 2250. The van der Waals surface area contributed by atoms with E-state index in [9.17, 15) is 81.1 Å². The number of carboxylic acid groups (broad SMARTS) is 1. The molecule has 8 fully saturated rings. The van der Waals surface area contributed by atoms with Crippen molar-refractivity contribution in [2.75, 3.05) is 19.8 Å². The number of rotatable bonds is 13. The van der Waals surface area contributed by atoms with E-state index in [0.29, 0.717) is 64.2 Å². The number of allylic oxidation sites excluding steroid dienone is 2. The smallest absolute Gasteiger partial charge is 0.335 e. The molecule has 9 aliphatic rings. The lowest BCUT2D eigenvalue weighted by atomic mass is 9.33. The zero-order valence-electron chi connectivity index (χ0n) is 45.5. The van der Waals surface area contributed by atoms with Gasteiger partial charge in [0.15, 0.2) is 25.0 Å². The van der Waals surface area contributed by atoms with Crippen molar-refractivity contribution in [3.05, 3.63) is 11.6 Å². The van der Waals surface area contributed by atoms with Crippen LogP contribution in [0.3, 0.4) is 0 Å². The van der Waals surface area contributed by atoms with Gasteiger partial charge in [-0.2, -0.15) is 0 Å². The molecule has 0 radical (unpaired) electrons. The van der Waals surface area contributed by atoms with Crippen molar-refractivity contribution in [3.8, 4) is 0 Å². The average molecular weight is 1130 g/mol. The number of aldehydes is 1. The van der Waals surface area contributed by atoms with Gasteiger partial charge in [0.05, 0.1) is 36.8 Å². The number of aliphatic hydroxyl groups excluding tert-OH is 13. The lowest BCUT2D eigenvalue weighted by Crippen LogP contribution is -2.67. The van der Waals surface area contributed by atoms with E-state index in [4.69, 9.17) is 37.9 Å². The Hall–Kier alpha value is -2.45. The van der Waals surface area contributed by atoms with Crippen molar-refractivity contribution in [1.29, 1.82) is 0 Å². The van der Waals surface area contributed by atoms with E-state index >= 15 is 4.79 Å². The van der Waals surface area contributed by atoms with Gasteiger partial charge >= 0.3 is 11.9 Å². The second kappa shape index (κ2) is 22.2. The van der Waals surface area contributed by atoms with Crippen LogP contribution in [0.2, 0.25) is 0 Å². The fourth-order valence-electron chi connectivity index (χ4n) is 16.3. The summed E-state index contributed by atoms with van der Waals surface area (Å²) in [5.74, 6) is -2.86. The third-order valence-corrected chi connectivity index (χ3v) is 21.3. The molecular formula is C54H84O25. The Morgan fingerprint density at radius 3 is 1.78 bits per heavy atom. The lowest BCUT2D eigenvalue weighted by Gasteiger charge is -2.71. The molecule has 0 spiro atoms. The van der Waals surface area contributed by atoms with Crippen molar-refractivity contribution in [2.45, 2.75) is 235 Å². The van der Waals surface area contributed by atoms with Crippen LogP contribution in [0.15, 0.2) is 11.6 Å². The quantitative estimate of drug-likeness (QED) is 0.0384. The fraction of sp³-hybridized carbons (Fsp3) is 0.907. The number of hydrogen-bond donors (Lipinski definition) is 14. The van der Waals surface area contributed by atoms with E-state index in [1.807, 2.05) is 6.92 Å². The Balaban J connectivity index is 0.984. The molecule has 4 aliphatic heterocycles. The Morgan fingerprint density at radius 2 is 1.18 bits per heavy atom. The molecule has 0 aromatic heterocycles. The van der Waals surface area contributed by atoms with E-state index in [1.54, 1.807) is 0 Å². The van der Waals surface area contributed by atoms with Gasteiger partial charge < -0.3 is 114 Å². The molecule has 29 unspecified atom stereocenters. The molecule has 25 nitrogen and oxygen atoms in total. The van der Waals surface area contributed by atoms with Crippen LogP contribution in [0.4, 0.5) is 0 Å². The maximum atomic E-state index is 15.4. The topological polar surface area (TPSA) is 408 Å². The van der Waals surface area contributed by atoms with Crippen molar-refractivity contribution in [2.24, 2.45) is 50.2 Å². The van der Waals surface area contributed by atoms with Gasteiger partial charge in [0, 0.05) is 0 Å². The van der Waals surface area contributed by atoms with Gasteiger partial charge in [0.25, 0.3) is 0 Å². The van der Waals surface area contributed by atoms with Crippen LogP contribution in [0.1, 0.15) is 106 Å². The molecule has 14 N–H and O–H groups in total. The molecule has 25 heteroatoms. The predicted octanol–water partition coefficient (Wildman–Crippen LogP) is -2.76. The number of fused-ring (bicyclic) bond motifs is 7. The number of aliphatic carboxylic acids is 1. The molecule has 4 saturated heterocycles. The minimum absolute atomic E-state index is 0.0219. The minimum Gasteiger partial charge on any atom is -0.479 e. The molecular weight excluding hydrogens is 1050 g/mol. The molecule has 0 aromatic rings. The summed E-state index contributed by atoms with van der Waals surface area (Å²) < 4.78 is 47.0. The normalized spacial score (nSPS) is 53.5. The van der Waals surface area contributed by atoms with Gasteiger partial charge in [0.1, 0.15) is 97.8 Å². The first kappa shape index (κ1) is 61.1. The second-order valence-electron chi connectivity index (χ2n) is 26.0. The van der Waals surface area contributed by atoms with E-state index in [1.165, 1.54) is 0 Å². The van der Waals surface area contributed by atoms with Gasteiger partial charge in [-0.25, -0.2) is 4.79 Å². The number of carboxylic acids is 1. The first-order valence-electron chi connectivity index (χ1n) is 27.8. The van der Waals surface area contributed by atoms with Gasteiger partial charge in [-0.1, -0.05) is 53.2 Å². The number of carbonyl (C=O) groups is 3. The Morgan fingerprint density at radius 1 is 0.608 bits per heavy atom. The van der Waals surface area contributed by atoms with E-state index in [0.717, 1.165) is 11.9 Å². The maximum Gasteiger partial charge on any atom is 0.335 e. The summed E-state index contributed by atoms with van der Waals surface area (Å²) in [6.45, 7) is 10.6. The Kier molecular flexibility index (Phi) is 17.2. The molecule has 9 rings (SSSR count). The van der Waals surface area contributed by atoms with Crippen LogP contribution < -0.4 is 0 Å². The number of ether oxygens (including phenoxy) is 8. The van der Waals surface area contributed by atoms with E-state index < -0.39 is 182 Å². The van der Waals surface area contributed by atoms with Crippen molar-refractivity contribution < 1.29 is 124 Å². The second-order valence-corrected chi connectivity index (χ2v) is 26.0. The number of hydrogen-bond acceptors (Lipinski definition) is 24. The highest BCUT2D eigenvalue weighted by atomic mass is 16.8. The van der Waals surface area contributed by atoms with Crippen LogP contribution in [-0.4, -0.2) is 238 Å². The molecule has 0 bridgehead atoms. The van der Waals surface area contributed by atoms with Crippen LogP contribution in [0.5, 0.6) is 0 Å². The summed E-state index contributed by atoms with van der Waals surface area (Å²) in [4.78, 5) is 40.9. The van der Waals surface area contributed by atoms with E-state index in [2.05, 4.69) is 40.7 Å². The van der Waals surface area contributed by atoms with Crippen molar-refractivity contribution >= 4 is 18.2 Å². The molecule has 29 atom stereocenters. The van der Waals surface area contributed by atoms with Crippen molar-refractivity contribution in [3.63, 3.8) is 0 Å². The summed E-state index contributed by atoms with van der Waals surface area (Å²) in [6, 6.07) is 0. The first-order chi connectivity index (χ1) is 37.0.